The number of furan rings is 1. The number of ether oxygens (including phenoxy) is 1. The van der Waals surface area contributed by atoms with Crippen molar-refractivity contribution in [2.24, 2.45) is 0 Å². The molecule has 4 aromatic rings. The van der Waals surface area contributed by atoms with Crippen molar-refractivity contribution in [3.63, 3.8) is 0 Å². The fraction of sp³-hybridized carbons (Fsp3) is 0.273. The van der Waals surface area contributed by atoms with E-state index in [0.29, 0.717) is 23.5 Å². The van der Waals surface area contributed by atoms with Gasteiger partial charge in [-0.2, -0.15) is 20.1 Å². The first-order valence-corrected chi connectivity index (χ1v) is 10.6. The predicted molar refractivity (Wildman–Crippen MR) is 120 cm³/mol. The number of hydrogen-bond donors (Lipinski definition) is 2. The standard InChI is InChI=1S/C22H23FN8O2/c1-30-8-10-31(11-9-30)21-25-20(24-19-13-17(28-29-19)18-3-2-12-32-18)26-22(27-21)33-14-15-4-6-16(23)7-5-15/h2-7,12-13H,8-11,14H2,1H3,(H2,24,25,26,27,28,29). The Morgan fingerprint density at radius 1 is 1.09 bits per heavy atom. The smallest absolute Gasteiger partial charge is 0.323 e. The molecular formula is C22H23FN8O2. The zero-order valence-corrected chi connectivity index (χ0v) is 18.0. The molecule has 0 bridgehead atoms. The molecule has 0 unspecified atom stereocenters. The lowest BCUT2D eigenvalue weighted by molar-refractivity contribution is 0.278. The van der Waals surface area contributed by atoms with Crippen LogP contribution < -0.4 is 15.0 Å². The van der Waals surface area contributed by atoms with E-state index in [9.17, 15) is 4.39 Å². The summed E-state index contributed by atoms with van der Waals surface area (Å²) in [5, 5.41) is 10.3. The summed E-state index contributed by atoms with van der Waals surface area (Å²) in [4.78, 5) is 17.8. The molecule has 3 aromatic heterocycles. The monoisotopic (exact) mass is 450 g/mol. The topological polar surface area (TPSA) is 108 Å². The van der Waals surface area contributed by atoms with Crippen LogP contribution >= 0.6 is 0 Å². The number of anilines is 3. The van der Waals surface area contributed by atoms with Crippen LogP contribution in [0.25, 0.3) is 11.5 Å². The Bertz CT molecular complexity index is 1190. The summed E-state index contributed by atoms with van der Waals surface area (Å²) in [6.07, 6.45) is 1.60. The summed E-state index contributed by atoms with van der Waals surface area (Å²) < 4.78 is 24.4. The normalized spacial score (nSPS) is 14.4. The minimum Gasteiger partial charge on any atom is -0.463 e. The average molecular weight is 450 g/mol. The molecular weight excluding hydrogens is 427 g/mol. The van der Waals surface area contributed by atoms with E-state index in [1.807, 2.05) is 12.1 Å². The third kappa shape index (κ3) is 5.09. The highest BCUT2D eigenvalue weighted by atomic mass is 19.1. The molecule has 33 heavy (non-hydrogen) atoms. The van der Waals surface area contributed by atoms with Gasteiger partial charge in [-0.25, -0.2) is 4.39 Å². The fourth-order valence-electron chi connectivity index (χ4n) is 3.40. The van der Waals surface area contributed by atoms with Crippen LogP contribution in [-0.4, -0.2) is 63.3 Å². The third-order valence-electron chi connectivity index (χ3n) is 5.27. The van der Waals surface area contributed by atoms with E-state index in [0.717, 1.165) is 37.4 Å². The van der Waals surface area contributed by atoms with Crippen LogP contribution in [0.4, 0.5) is 22.1 Å². The van der Waals surface area contributed by atoms with Crippen LogP contribution in [0.5, 0.6) is 6.01 Å². The highest BCUT2D eigenvalue weighted by Crippen LogP contribution is 2.23. The molecule has 10 nitrogen and oxygen atoms in total. The zero-order valence-electron chi connectivity index (χ0n) is 18.0. The quantitative estimate of drug-likeness (QED) is 0.439. The fourth-order valence-corrected chi connectivity index (χ4v) is 3.40. The van der Waals surface area contributed by atoms with Crippen molar-refractivity contribution < 1.29 is 13.5 Å². The van der Waals surface area contributed by atoms with Gasteiger partial charge in [0.15, 0.2) is 11.6 Å². The number of piperazine rings is 1. The van der Waals surface area contributed by atoms with Crippen LogP contribution in [0.2, 0.25) is 0 Å². The number of aromatic amines is 1. The van der Waals surface area contributed by atoms with Gasteiger partial charge in [-0.1, -0.05) is 12.1 Å². The lowest BCUT2D eigenvalue weighted by Crippen LogP contribution is -2.45. The van der Waals surface area contributed by atoms with Crippen LogP contribution in [0.1, 0.15) is 5.56 Å². The van der Waals surface area contributed by atoms with Crippen molar-refractivity contribution in [1.82, 2.24) is 30.0 Å². The first-order chi connectivity index (χ1) is 16.1. The van der Waals surface area contributed by atoms with Gasteiger partial charge >= 0.3 is 6.01 Å². The maximum absolute atomic E-state index is 13.2. The summed E-state index contributed by atoms with van der Waals surface area (Å²) in [7, 11) is 2.09. The van der Waals surface area contributed by atoms with Crippen molar-refractivity contribution in [2.75, 3.05) is 43.4 Å². The van der Waals surface area contributed by atoms with E-state index in [2.05, 4.69) is 47.3 Å². The molecule has 170 valence electrons. The average Bonchev–Trinajstić information content (AvgIpc) is 3.51. The number of hydrogen-bond acceptors (Lipinski definition) is 9. The van der Waals surface area contributed by atoms with Gasteiger partial charge in [-0.15, -0.1) is 0 Å². The minimum atomic E-state index is -0.296. The zero-order chi connectivity index (χ0) is 22.6. The Morgan fingerprint density at radius 3 is 2.67 bits per heavy atom. The van der Waals surface area contributed by atoms with Crippen molar-refractivity contribution >= 4 is 17.7 Å². The van der Waals surface area contributed by atoms with Gasteiger partial charge in [0, 0.05) is 32.2 Å². The van der Waals surface area contributed by atoms with Crippen molar-refractivity contribution in [3.05, 3.63) is 60.1 Å². The molecule has 1 aliphatic heterocycles. The molecule has 0 aliphatic carbocycles. The van der Waals surface area contributed by atoms with E-state index in [-0.39, 0.29) is 18.4 Å². The predicted octanol–water partition coefficient (Wildman–Crippen LogP) is 3.07. The second kappa shape index (κ2) is 9.25. The molecule has 0 amide bonds. The van der Waals surface area contributed by atoms with E-state index in [1.54, 1.807) is 24.5 Å². The molecule has 1 saturated heterocycles. The van der Waals surface area contributed by atoms with Crippen molar-refractivity contribution in [2.45, 2.75) is 6.61 Å². The van der Waals surface area contributed by atoms with Gasteiger partial charge in [0.1, 0.15) is 18.1 Å². The second-order valence-electron chi connectivity index (χ2n) is 7.72. The van der Waals surface area contributed by atoms with Crippen LogP contribution in [0, 0.1) is 5.82 Å². The number of rotatable bonds is 7. The van der Waals surface area contributed by atoms with Gasteiger partial charge in [-0.3, -0.25) is 5.10 Å². The minimum absolute atomic E-state index is 0.174. The van der Waals surface area contributed by atoms with E-state index in [1.165, 1.54) is 12.1 Å². The van der Waals surface area contributed by atoms with Crippen LogP contribution in [0.15, 0.2) is 53.1 Å². The Morgan fingerprint density at radius 2 is 1.91 bits per heavy atom. The Kier molecular flexibility index (Phi) is 5.85. The number of aromatic nitrogens is 5. The molecule has 1 aromatic carbocycles. The summed E-state index contributed by atoms with van der Waals surface area (Å²) in [5.74, 6) is 1.74. The van der Waals surface area contributed by atoms with E-state index >= 15 is 0 Å². The van der Waals surface area contributed by atoms with E-state index < -0.39 is 0 Å². The molecule has 0 spiro atoms. The highest BCUT2D eigenvalue weighted by molar-refractivity contribution is 5.60. The van der Waals surface area contributed by atoms with Gasteiger partial charge in [0.2, 0.25) is 11.9 Å². The first-order valence-electron chi connectivity index (χ1n) is 10.6. The molecule has 1 aliphatic rings. The number of nitrogens with zero attached hydrogens (tertiary/aromatic N) is 6. The maximum Gasteiger partial charge on any atom is 0.323 e. The van der Waals surface area contributed by atoms with Crippen LogP contribution in [-0.2, 0) is 6.61 Å². The summed E-state index contributed by atoms with van der Waals surface area (Å²) in [5.41, 5.74) is 1.53. The molecule has 1 fully saturated rings. The largest absolute Gasteiger partial charge is 0.463 e. The molecule has 2 N–H and O–H groups in total. The summed E-state index contributed by atoms with van der Waals surface area (Å²) in [6.45, 7) is 3.61. The van der Waals surface area contributed by atoms with Crippen molar-refractivity contribution in [1.29, 1.82) is 0 Å². The molecule has 4 heterocycles. The Labute approximate surface area is 189 Å². The van der Waals surface area contributed by atoms with Crippen LogP contribution in [0.3, 0.4) is 0 Å². The summed E-state index contributed by atoms with van der Waals surface area (Å²) >= 11 is 0. The van der Waals surface area contributed by atoms with Gasteiger partial charge in [0.05, 0.1) is 6.26 Å². The van der Waals surface area contributed by atoms with E-state index in [4.69, 9.17) is 9.15 Å². The Balaban J connectivity index is 1.37. The number of nitrogens with one attached hydrogen (secondary N) is 2. The number of benzene rings is 1. The number of H-pyrrole nitrogens is 1. The highest BCUT2D eigenvalue weighted by Gasteiger charge is 2.19. The lowest BCUT2D eigenvalue weighted by atomic mass is 10.2. The number of halogens is 1. The van der Waals surface area contributed by atoms with Crippen molar-refractivity contribution in [3.8, 4) is 17.5 Å². The molecule has 0 radical (unpaired) electrons. The molecule has 11 heteroatoms. The SMILES string of the molecule is CN1CCN(c2nc(Nc3cc(-c4ccco4)[nH]n3)nc(OCc3ccc(F)cc3)n2)CC1. The first kappa shape index (κ1) is 20.9. The third-order valence-corrected chi connectivity index (χ3v) is 5.27. The number of likely N-dealkylation sites (N-methyl/N-ethyl adjacent to an activating group) is 1. The molecule has 0 saturated carbocycles. The molecule has 5 rings (SSSR count). The summed E-state index contributed by atoms with van der Waals surface area (Å²) in [6, 6.07) is 11.7. The Hall–Kier alpha value is -3.99. The lowest BCUT2D eigenvalue weighted by Gasteiger charge is -2.32. The maximum atomic E-state index is 13.2. The van der Waals surface area contributed by atoms with Gasteiger partial charge < -0.3 is 24.3 Å². The molecule has 0 atom stereocenters. The van der Waals surface area contributed by atoms with Gasteiger partial charge in [-0.05, 0) is 36.9 Å². The second-order valence-corrected chi connectivity index (χ2v) is 7.72. The van der Waals surface area contributed by atoms with Gasteiger partial charge in [0.25, 0.3) is 0 Å².